The molecule has 0 radical (unpaired) electrons. The standard InChI is InChI=1S/C19H14N4O2S/c24-17(21-19-20-10-11-26-19)12-23-18(25)9-8-16(22-23)15-7-3-5-13-4-1-2-6-14(13)15/h1-11H,12H2,(H,20,21,24). The van der Waals surface area contributed by atoms with Crippen LogP contribution in [0.15, 0.2) is 71.0 Å². The lowest BCUT2D eigenvalue weighted by Crippen LogP contribution is -2.29. The van der Waals surface area contributed by atoms with Gasteiger partial charge in [0.1, 0.15) is 6.54 Å². The zero-order valence-corrected chi connectivity index (χ0v) is 14.4. The van der Waals surface area contributed by atoms with Crippen LogP contribution in [0, 0.1) is 0 Å². The second-order valence-corrected chi connectivity index (χ2v) is 6.52. The molecule has 0 fully saturated rings. The Morgan fingerprint density at radius 1 is 1.08 bits per heavy atom. The molecule has 1 N–H and O–H groups in total. The van der Waals surface area contributed by atoms with Crippen molar-refractivity contribution in [1.82, 2.24) is 14.8 Å². The molecule has 128 valence electrons. The largest absolute Gasteiger partial charge is 0.300 e. The van der Waals surface area contributed by atoms with Gasteiger partial charge in [-0.2, -0.15) is 5.10 Å². The maximum Gasteiger partial charge on any atom is 0.267 e. The van der Waals surface area contributed by atoms with E-state index >= 15 is 0 Å². The van der Waals surface area contributed by atoms with Gasteiger partial charge < -0.3 is 5.32 Å². The number of hydrogen-bond donors (Lipinski definition) is 1. The van der Waals surface area contributed by atoms with Crippen LogP contribution >= 0.6 is 11.3 Å². The van der Waals surface area contributed by atoms with Gasteiger partial charge in [-0.15, -0.1) is 11.3 Å². The highest BCUT2D eigenvalue weighted by Gasteiger charge is 2.10. The minimum Gasteiger partial charge on any atom is -0.300 e. The zero-order valence-electron chi connectivity index (χ0n) is 13.6. The van der Waals surface area contributed by atoms with Gasteiger partial charge in [0.25, 0.3) is 5.56 Å². The number of hydrogen-bond acceptors (Lipinski definition) is 5. The van der Waals surface area contributed by atoms with Crippen molar-refractivity contribution in [2.75, 3.05) is 5.32 Å². The Balaban J connectivity index is 1.68. The third-order valence-corrected chi connectivity index (χ3v) is 4.59. The van der Waals surface area contributed by atoms with Gasteiger partial charge in [0.15, 0.2) is 5.13 Å². The van der Waals surface area contributed by atoms with Gasteiger partial charge in [-0.05, 0) is 16.8 Å². The van der Waals surface area contributed by atoms with Gasteiger partial charge in [-0.1, -0.05) is 42.5 Å². The summed E-state index contributed by atoms with van der Waals surface area (Å²) < 4.78 is 1.17. The Bertz CT molecular complexity index is 1130. The van der Waals surface area contributed by atoms with Crippen LogP contribution in [0.3, 0.4) is 0 Å². The number of carbonyl (C=O) groups excluding carboxylic acids is 1. The van der Waals surface area contributed by atoms with Gasteiger partial charge in [0.05, 0.1) is 5.69 Å². The van der Waals surface area contributed by atoms with Crippen molar-refractivity contribution in [3.8, 4) is 11.3 Å². The van der Waals surface area contributed by atoms with Crippen molar-refractivity contribution in [1.29, 1.82) is 0 Å². The van der Waals surface area contributed by atoms with Crippen molar-refractivity contribution < 1.29 is 4.79 Å². The number of nitrogens with one attached hydrogen (secondary N) is 1. The van der Waals surface area contributed by atoms with Crippen LogP contribution < -0.4 is 10.9 Å². The Labute approximate surface area is 152 Å². The molecular weight excluding hydrogens is 348 g/mol. The molecular formula is C19H14N4O2S. The molecule has 2 aromatic heterocycles. The van der Waals surface area contributed by atoms with Gasteiger partial charge in [-0.25, -0.2) is 9.67 Å². The third kappa shape index (κ3) is 3.25. The van der Waals surface area contributed by atoms with Gasteiger partial charge >= 0.3 is 0 Å². The molecule has 2 aromatic carbocycles. The monoisotopic (exact) mass is 362 g/mol. The fourth-order valence-electron chi connectivity index (χ4n) is 2.73. The molecule has 0 atom stereocenters. The average Bonchev–Trinajstić information content (AvgIpc) is 3.16. The fourth-order valence-corrected chi connectivity index (χ4v) is 3.28. The Morgan fingerprint density at radius 2 is 1.92 bits per heavy atom. The van der Waals surface area contributed by atoms with Gasteiger partial charge in [0, 0.05) is 23.2 Å². The van der Waals surface area contributed by atoms with Gasteiger partial charge in [0.2, 0.25) is 5.91 Å². The smallest absolute Gasteiger partial charge is 0.267 e. The second kappa shape index (κ2) is 6.89. The van der Waals surface area contributed by atoms with Crippen LogP contribution in [-0.4, -0.2) is 20.7 Å². The molecule has 0 bridgehead atoms. The molecule has 26 heavy (non-hydrogen) atoms. The maximum atomic E-state index is 12.1. The molecule has 0 spiro atoms. The molecule has 0 unspecified atom stereocenters. The average molecular weight is 362 g/mol. The van der Waals surface area contributed by atoms with Gasteiger partial charge in [-0.3, -0.25) is 9.59 Å². The maximum absolute atomic E-state index is 12.1. The molecule has 2 heterocycles. The Hall–Kier alpha value is -3.32. The predicted octanol–water partition coefficient (Wildman–Crippen LogP) is 3.16. The van der Waals surface area contributed by atoms with E-state index in [-0.39, 0.29) is 18.0 Å². The highest BCUT2D eigenvalue weighted by atomic mass is 32.1. The number of nitrogens with zero attached hydrogens (tertiary/aromatic N) is 3. The summed E-state index contributed by atoms with van der Waals surface area (Å²) in [7, 11) is 0. The van der Waals surface area contributed by atoms with Crippen LogP contribution in [-0.2, 0) is 11.3 Å². The number of thiazole rings is 1. The summed E-state index contributed by atoms with van der Waals surface area (Å²) in [5, 5.41) is 11.4. The van der Waals surface area contributed by atoms with E-state index in [0.717, 1.165) is 16.3 Å². The number of rotatable bonds is 4. The molecule has 0 aliphatic heterocycles. The summed E-state index contributed by atoms with van der Waals surface area (Å²) in [5.41, 5.74) is 1.23. The van der Waals surface area contributed by atoms with E-state index in [1.807, 2.05) is 42.5 Å². The lowest BCUT2D eigenvalue weighted by molar-refractivity contribution is -0.117. The highest BCUT2D eigenvalue weighted by molar-refractivity contribution is 7.13. The lowest BCUT2D eigenvalue weighted by Gasteiger charge is -2.09. The van der Waals surface area contributed by atoms with Crippen LogP contribution in [0.1, 0.15) is 0 Å². The summed E-state index contributed by atoms with van der Waals surface area (Å²) in [6.45, 7) is -0.170. The molecule has 0 aliphatic carbocycles. The first-order chi connectivity index (χ1) is 12.7. The molecule has 6 nitrogen and oxygen atoms in total. The van der Waals surface area contributed by atoms with Crippen molar-refractivity contribution in [2.45, 2.75) is 6.54 Å². The molecule has 0 aliphatic rings. The summed E-state index contributed by atoms with van der Waals surface area (Å²) in [4.78, 5) is 28.3. The molecule has 0 saturated heterocycles. The fraction of sp³-hybridized carbons (Fsp3) is 0.0526. The van der Waals surface area contributed by atoms with E-state index in [1.165, 1.54) is 22.1 Å². The number of aromatic nitrogens is 3. The van der Waals surface area contributed by atoms with E-state index in [9.17, 15) is 9.59 Å². The summed E-state index contributed by atoms with van der Waals surface area (Å²) >= 11 is 1.32. The number of amides is 1. The number of fused-ring (bicyclic) bond motifs is 1. The van der Waals surface area contributed by atoms with Crippen LogP contribution in [0.2, 0.25) is 0 Å². The first kappa shape index (κ1) is 16.2. The van der Waals surface area contributed by atoms with Crippen LogP contribution in [0.4, 0.5) is 5.13 Å². The molecule has 4 aromatic rings. The van der Waals surface area contributed by atoms with E-state index in [2.05, 4.69) is 15.4 Å². The number of carbonyl (C=O) groups is 1. The van der Waals surface area contributed by atoms with Crippen molar-refractivity contribution >= 4 is 33.1 Å². The zero-order chi connectivity index (χ0) is 17.9. The van der Waals surface area contributed by atoms with Crippen molar-refractivity contribution in [2.24, 2.45) is 0 Å². The van der Waals surface area contributed by atoms with E-state index in [0.29, 0.717) is 10.8 Å². The third-order valence-electron chi connectivity index (χ3n) is 3.90. The Kier molecular flexibility index (Phi) is 4.28. The van der Waals surface area contributed by atoms with Crippen molar-refractivity contribution in [3.63, 3.8) is 0 Å². The normalized spacial score (nSPS) is 10.8. The second-order valence-electron chi connectivity index (χ2n) is 5.63. The summed E-state index contributed by atoms with van der Waals surface area (Å²) in [6.07, 6.45) is 1.60. The topological polar surface area (TPSA) is 76.9 Å². The molecule has 4 rings (SSSR count). The number of anilines is 1. The molecule has 0 saturated carbocycles. The van der Waals surface area contributed by atoms with Crippen LogP contribution in [0.25, 0.3) is 22.0 Å². The predicted molar refractivity (Wildman–Crippen MR) is 102 cm³/mol. The quantitative estimate of drug-likeness (QED) is 0.605. The SMILES string of the molecule is O=C(Cn1nc(-c2cccc3ccccc23)ccc1=O)Nc1nccs1. The van der Waals surface area contributed by atoms with Crippen LogP contribution in [0.5, 0.6) is 0 Å². The van der Waals surface area contributed by atoms with E-state index in [4.69, 9.17) is 0 Å². The first-order valence-corrected chi connectivity index (χ1v) is 8.84. The Morgan fingerprint density at radius 3 is 2.77 bits per heavy atom. The van der Waals surface area contributed by atoms with E-state index < -0.39 is 0 Å². The first-order valence-electron chi connectivity index (χ1n) is 7.96. The van der Waals surface area contributed by atoms with E-state index in [1.54, 1.807) is 17.6 Å². The lowest BCUT2D eigenvalue weighted by atomic mass is 10.0. The molecule has 7 heteroatoms. The number of benzene rings is 2. The summed E-state index contributed by atoms with van der Waals surface area (Å²) in [6, 6.07) is 17.0. The highest BCUT2D eigenvalue weighted by Crippen LogP contribution is 2.26. The molecule has 1 amide bonds. The minimum absolute atomic E-state index is 0.170. The summed E-state index contributed by atoms with van der Waals surface area (Å²) in [5.74, 6) is -0.343. The van der Waals surface area contributed by atoms with Crippen molar-refractivity contribution in [3.05, 3.63) is 76.5 Å². The minimum atomic E-state index is -0.343.